The van der Waals surface area contributed by atoms with Crippen LogP contribution in [0, 0.1) is 6.92 Å². The van der Waals surface area contributed by atoms with Gasteiger partial charge in [0.2, 0.25) is 15.9 Å². The predicted octanol–water partition coefficient (Wildman–Crippen LogP) is 2.40. The third kappa shape index (κ3) is 6.47. The molecule has 2 rings (SSSR count). The van der Waals surface area contributed by atoms with Crippen molar-refractivity contribution < 1.29 is 17.6 Å². The lowest BCUT2D eigenvalue weighted by Gasteiger charge is -2.22. The Kier molecular flexibility index (Phi) is 6.95. The van der Waals surface area contributed by atoms with E-state index < -0.39 is 10.0 Å². The number of hydrogen-bond acceptors (Lipinski definition) is 5. The largest absolute Gasteiger partial charge is 0.468 e. The van der Waals surface area contributed by atoms with Crippen LogP contribution in [0.15, 0.2) is 47.1 Å². The van der Waals surface area contributed by atoms with E-state index in [-0.39, 0.29) is 12.5 Å². The minimum atomic E-state index is -3.54. The standard InChI is InChI=1S/C17H22N2O4S2/c1-14-5-3-6-15(11-14)19(25(2,21)22)12-17(20)18-8-10-24-13-16-7-4-9-23-16/h3-7,9,11H,8,10,12-13H2,1-2H3,(H,18,20). The van der Waals surface area contributed by atoms with Crippen LogP contribution in [0.25, 0.3) is 0 Å². The predicted molar refractivity (Wildman–Crippen MR) is 101 cm³/mol. The molecule has 0 saturated heterocycles. The van der Waals surface area contributed by atoms with Crippen molar-refractivity contribution in [2.75, 3.05) is 29.4 Å². The van der Waals surface area contributed by atoms with E-state index >= 15 is 0 Å². The van der Waals surface area contributed by atoms with Gasteiger partial charge in [0.15, 0.2) is 0 Å². The molecular weight excluding hydrogens is 360 g/mol. The quantitative estimate of drug-likeness (QED) is 0.674. The first-order valence-electron chi connectivity index (χ1n) is 7.77. The molecule has 0 aliphatic heterocycles. The first-order chi connectivity index (χ1) is 11.9. The van der Waals surface area contributed by atoms with Crippen LogP contribution in [0.3, 0.4) is 0 Å². The Labute approximate surface area is 152 Å². The van der Waals surface area contributed by atoms with E-state index in [1.807, 2.05) is 25.1 Å². The zero-order valence-electron chi connectivity index (χ0n) is 14.3. The summed E-state index contributed by atoms with van der Waals surface area (Å²) in [6.07, 6.45) is 2.73. The molecule has 6 nitrogen and oxygen atoms in total. The van der Waals surface area contributed by atoms with E-state index in [0.29, 0.717) is 12.2 Å². The minimum absolute atomic E-state index is 0.231. The van der Waals surface area contributed by atoms with Crippen molar-refractivity contribution in [3.8, 4) is 0 Å². The van der Waals surface area contributed by atoms with Gasteiger partial charge in [-0.2, -0.15) is 11.8 Å². The molecule has 1 amide bonds. The van der Waals surface area contributed by atoms with Crippen LogP contribution in [0.1, 0.15) is 11.3 Å². The number of thioether (sulfide) groups is 1. The fourth-order valence-electron chi connectivity index (χ4n) is 2.20. The van der Waals surface area contributed by atoms with Gasteiger partial charge in [0.1, 0.15) is 12.3 Å². The number of amides is 1. The first kappa shape index (κ1) is 19.4. The Morgan fingerprint density at radius 1 is 1.28 bits per heavy atom. The molecule has 8 heteroatoms. The Balaban J connectivity index is 1.83. The zero-order valence-corrected chi connectivity index (χ0v) is 15.9. The van der Waals surface area contributed by atoms with Gasteiger partial charge in [0.25, 0.3) is 0 Å². The van der Waals surface area contributed by atoms with Gasteiger partial charge in [-0.05, 0) is 36.8 Å². The molecule has 1 N–H and O–H groups in total. The molecule has 0 saturated carbocycles. The van der Waals surface area contributed by atoms with Gasteiger partial charge in [0.05, 0.1) is 24.0 Å². The maximum Gasteiger partial charge on any atom is 0.240 e. The molecule has 1 aromatic heterocycles. The van der Waals surface area contributed by atoms with Gasteiger partial charge in [0, 0.05) is 12.3 Å². The van der Waals surface area contributed by atoms with Crippen molar-refractivity contribution >= 4 is 33.4 Å². The van der Waals surface area contributed by atoms with Gasteiger partial charge in [-0.25, -0.2) is 8.42 Å². The molecule has 25 heavy (non-hydrogen) atoms. The highest BCUT2D eigenvalue weighted by Gasteiger charge is 2.20. The average Bonchev–Trinajstić information content (AvgIpc) is 3.04. The molecule has 0 radical (unpaired) electrons. The molecule has 0 unspecified atom stereocenters. The van der Waals surface area contributed by atoms with E-state index in [4.69, 9.17) is 4.42 Å². The number of rotatable bonds is 9. The van der Waals surface area contributed by atoms with Gasteiger partial charge in [-0.1, -0.05) is 12.1 Å². The lowest BCUT2D eigenvalue weighted by atomic mass is 10.2. The lowest BCUT2D eigenvalue weighted by Crippen LogP contribution is -2.41. The number of sulfonamides is 1. The highest BCUT2D eigenvalue weighted by atomic mass is 32.2. The average molecular weight is 383 g/mol. The van der Waals surface area contributed by atoms with Gasteiger partial charge in [-0.3, -0.25) is 9.10 Å². The Bertz CT molecular complexity index is 789. The topological polar surface area (TPSA) is 79.6 Å². The first-order valence-corrected chi connectivity index (χ1v) is 10.8. The normalized spacial score (nSPS) is 11.3. The van der Waals surface area contributed by atoms with Crippen molar-refractivity contribution in [2.24, 2.45) is 0 Å². The van der Waals surface area contributed by atoms with Crippen LogP contribution in [-0.2, 0) is 20.6 Å². The number of furan rings is 1. The summed E-state index contributed by atoms with van der Waals surface area (Å²) in [7, 11) is -3.54. The molecule has 1 heterocycles. The molecule has 0 aliphatic carbocycles. The molecular formula is C17H22N2O4S2. The van der Waals surface area contributed by atoms with Crippen molar-refractivity contribution in [3.63, 3.8) is 0 Å². The van der Waals surface area contributed by atoms with Crippen molar-refractivity contribution in [2.45, 2.75) is 12.7 Å². The molecule has 0 atom stereocenters. The van der Waals surface area contributed by atoms with Crippen molar-refractivity contribution in [1.82, 2.24) is 5.32 Å². The second kappa shape index (κ2) is 8.96. The van der Waals surface area contributed by atoms with E-state index in [2.05, 4.69) is 5.32 Å². The number of nitrogens with zero attached hydrogens (tertiary/aromatic N) is 1. The molecule has 2 aromatic rings. The van der Waals surface area contributed by atoms with Crippen LogP contribution in [0.4, 0.5) is 5.69 Å². The lowest BCUT2D eigenvalue weighted by molar-refractivity contribution is -0.119. The fourth-order valence-corrected chi connectivity index (χ4v) is 3.80. The summed E-state index contributed by atoms with van der Waals surface area (Å²) in [5.41, 5.74) is 1.42. The summed E-state index contributed by atoms with van der Waals surface area (Å²) in [4.78, 5) is 12.1. The highest BCUT2D eigenvalue weighted by molar-refractivity contribution is 7.98. The Morgan fingerprint density at radius 3 is 2.72 bits per heavy atom. The molecule has 0 spiro atoms. The summed E-state index contributed by atoms with van der Waals surface area (Å²) < 4.78 is 30.4. The Morgan fingerprint density at radius 2 is 2.08 bits per heavy atom. The monoisotopic (exact) mass is 382 g/mol. The summed E-state index contributed by atoms with van der Waals surface area (Å²) in [6, 6.07) is 10.8. The van der Waals surface area contributed by atoms with Crippen LogP contribution in [0.2, 0.25) is 0 Å². The second-order valence-corrected chi connectivity index (χ2v) is 8.60. The minimum Gasteiger partial charge on any atom is -0.468 e. The molecule has 0 fully saturated rings. The SMILES string of the molecule is Cc1cccc(N(CC(=O)NCCSCc2ccco2)S(C)(=O)=O)c1. The number of anilines is 1. The van der Waals surface area contributed by atoms with Crippen LogP contribution in [-0.4, -0.2) is 39.4 Å². The summed E-state index contributed by atoms with van der Waals surface area (Å²) >= 11 is 1.64. The number of benzene rings is 1. The van der Waals surface area contributed by atoms with E-state index in [9.17, 15) is 13.2 Å². The molecule has 0 bridgehead atoms. The van der Waals surface area contributed by atoms with Gasteiger partial charge >= 0.3 is 0 Å². The van der Waals surface area contributed by atoms with Crippen molar-refractivity contribution in [1.29, 1.82) is 0 Å². The third-order valence-electron chi connectivity index (χ3n) is 3.37. The number of aryl methyl sites for hydroxylation is 1. The fraction of sp³-hybridized carbons (Fsp3) is 0.353. The molecule has 0 aliphatic rings. The van der Waals surface area contributed by atoms with Gasteiger partial charge in [-0.15, -0.1) is 0 Å². The molecule has 136 valence electrons. The number of hydrogen-bond donors (Lipinski definition) is 1. The van der Waals surface area contributed by atoms with Crippen LogP contribution >= 0.6 is 11.8 Å². The summed E-state index contributed by atoms with van der Waals surface area (Å²) in [5, 5.41) is 2.75. The second-order valence-electron chi connectivity index (χ2n) is 5.59. The summed E-state index contributed by atoms with van der Waals surface area (Å²) in [6.45, 7) is 2.11. The van der Waals surface area contributed by atoms with Gasteiger partial charge < -0.3 is 9.73 Å². The number of carbonyl (C=O) groups excluding carboxylic acids is 1. The summed E-state index contributed by atoms with van der Waals surface area (Å²) in [5.74, 6) is 2.02. The van der Waals surface area contributed by atoms with E-state index in [0.717, 1.165) is 33.4 Å². The number of nitrogens with one attached hydrogen (secondary N) is 1. The van der Waals surface area contributed by atoms with E-state index in [1.54, 1.807) is 36.2 Å². The van der Waals surface area contributed by atoms with E-state index in [1.165, 1.54) is 0 Å². The Hall–Kier alpha value is -1.93. The number of carbonyl (C=O) groups is 1. The van der Waals surface area contributed by atoms with Crippen molar-refractivity contribution in [3.05, 3.63) is 54.0 Å². The maximum atomic E-state index is 12.1. The maximum absolute atomic E-state index is 12.1. The third-order valence-corrected chi connectivity index (χ3v) is 5.49. The van der Waals surface area contributed by atoms with Crippen LogP contribution < -0.4 is 9.62 Å². The highest BCUT2D eigenvalue weighted by Crippen LogP contribution is 2.18. The van der Waals surface area contributed by atoms with Crippen LogP contribution in [0.5, 0.6) is 0 Å². The zero-order chi connectivity index (χ0) is 18.3. The molecule has 1 aromatic carbocycles. The smallest absolute Gasteiger partial charge is 0.240 e.